The molecule has 24 heavy (non-hydrogen) atoms. The Morgan fingerprint density at radius 3 is 2.42 bits per heavy atom. The molecule has 0 bridgehead atoms. The maximum Gasteiger partial charge on any atom is 0.337 e. The number of halogens is 2. The molecule has 0 aliphatic rings. The first kappa shape index (κ1) is 17.9. The molecule has 2 rings (SSSR count). The lowest BCUT2D eigenvalue weighted by atomic mass is 10.2. The Balaban J connectivity index is 1.81. The number of amides is 2. The van der Waals surface area contributed by atoms with E-state index in [0.717, 1.165) is 0 Å². The summed E-state index contributed by atoms with van der Waals surface area (Å²) in [5.41, 5.74) is 0.911. The fourth-order valence-corrected chi connectivity index (χ4v) is 2.22. The Bertz CT molecular complexity index is 735. The molecule has 0 heterocycles. The van der Waals surface area contributed by atoms with Gasteiger partial charge in [-0.3, -0.25) is 0 Å². The summed E-state index contributed by atoms with van der Waals surface area (Å²) < 4.78 is 9.94. The fraction of sp³-hybridized carbons (Fsp3) is 0.125. The molecular weight excluding hydrogens is 355 g/mol. The van der Waals surface area contributed by atoms with Crippen LogP contribution in [-0.2, 0) is 4.74 Å². The van der Waals surface area contributed by atoms with Crippen molar-refractivity contribution in [2.24, 2.45) is 0 Å². The molecule has 0 spiro atoms. The maximum atomic E-state index is 11.8. The molecule has 126 valence electrons. The van der Waals surface area contributed by atoms with Gasteiger partial charge in [-0.1, -0.05) is 23.2 Å². The van der Waals surface area contributed by atoms with Crippen molar-refractivity contribution in [3.8, 4) is 5.75 Å². The van der Waals surface area contributed by atoms with Crippen molar-refractivity contribution in [1.82, 2.24) is 5.32 Å². The summed E-state index contributed by atoms with van der Waals surface area (Å²) in [4.78, 5) is 23.1. The molecule has 0 saturated heterocycles. The number of methoxy groups -OCH3 is 1. The molecule has 0 aliphatic heterocycles. The van der Waals surface area contributed by atoms with Crippen LogP contribution in [0.1, 0.15) is 10.4 Å². The average Bonchev–Trinajstić information content (AvgIpc) is 2.57. The number of nitrogens with one attached hydrogen (secondary N) is 2. The number of ether oxygens (including phenoxy) is 2. The second-order valence-electron chi connectivity index (χ2n) is 4.56. The average molecular weight is 369 g/mol. The van der Waals surface area contributed by atoms with Gasteiger partial charge in [0.2, 0.25) is 0 Å². The number of hydrogen-bond acceptors (Lipinski definition) is 4. The molecular formula is C16H14Cl2N2O4. The van der Waals surface area contributed by atoms with E-state index in [1.165, 1.54) is 7.11 Å². The van der Waals surface area contributed by atoms with Crippen LogP contribution in [0.4, 0.5) is 10.5 Å². The first-order valence-electron chi connectivity index (χ1n) is 6.80. The topological polar surface area (TPSA) is 76.7 Å². The maximum absolute atomic E-state index is 11.8. The number of carbonyl (C=O) groups excluding carboxylic acids is 2. The van der Waals surface area contributed by atoms with Crippen LogP contribution in [0.3, 0.4) is 0 Å². The van der Waals surface area contributed by atoms with Crippen molar-refractivity contribution in [2.45, 2.75) is 0 Å². The van der Waals surface area contributed by atoms with Gasteiger partial charge < -0.3 is 20.1 Å². The standard InChI is InChI=1S/C16H14Cl2N2O4/c1-23-15(21)10-2-5-12(6-3-10)20-16(22)19-9-24-14-7-4-11(17)8-13(14)18/h2-8H,9H2,1H3,(H2,19,20,22). The molecule has 2 aromatic rings. The Labute approximate surface area is 148 Å². The lowest BCUT2D eigenvalue weighted by Gasteiger charge is -2.10. The Morgan fingerprint density at radius 1 is 1.08 bits per heavy atom. The third-order valence-corrected chi connectivity index (χ3v) is 3.45. The summed E-state index contributed by atoms with van der Waals surface area (Å²) in [6.45, 7) is -0.0760. The van der Waals surface area contributed by atoms with E-state index in [0.29, 0.717) is 27.0 Å². The largest absolute Gasteiger partial charge is 0.472 e. The van der Waals surface area contributed by atoms with Crippen molar-refractivity contribution in [3.05, 3.63) is 58.1 Å². The minimum atomic E-state index is -0.467. The molecule has 0 aliphatic carbocycles. The predicted octanol–water partition coefficient (Wildman–Crippen LogP) is 3.94. The Morgan fingerprint density at radius 2 is 1.79 bits per heavy atom. The molecule has 2 amide bonds. The molecule has 0 unspecified atom stereocenters. The number of urea groups is 1. The van der Waals surface area contributed by atoms with Crippen LogP contribution in [0.15, 0.2) is 42.5 Å². The molecule has 8 heteroatoms. The van der Waals surface area contributed by atoms with Crippen LogP contribution in [-0.4, -0.2) is 25.8 Å². The second kappa shape index (κ2) is 8.42. The first-order valence-corrected chi connectivity index (χ1v) is 7.56. The summed E-state index contributed by atoms with van der Waals surface area (Å²) in [7, 11) is 1.30. The van der Waals surface area contributed by atoms with Crippen molar-refractivity contribution in [2.75, 3.05) is 19.2 Å². The van der Waals surface area contributed by atoms with Crippen molar-refractivity contribution in [3.63, 3.8) is 0 Å². The van der Waals surface area contributed by atoms with Gasteiger partial charge in [0.05, 0.1) is 17.7 Å². The predicted molar refractivity (Wildman–Crippen MR) is 91.9 cm³/mol. The van der Waals surface area contributed by atoms with Gasteiger partial charge in [-0.25, -0.2) is 9.59 Å². The van der Waals surface area contributed by atoms with Gasteiger partial charge in [-0.05, 0) is 42.5 Å². The molecule has 0 fully saturated rings. The van der Waals surface area contributed by atoms with Crippen LogP contribution in [0.2, 0.25) is 10.0 Å². The molecule has 2 aromatic carbocycles. The van der Waals surface area contributed by atoms with Crippen LogP contribution in [0, 0.1) is 0 Å². The lowest BCUT2D eigenvalue weighted by molar-refractivity contribution is 0.0600. The van der Waals surface area contributed by atoms with E-state index in [-0.39, 0.29) is 6.73 Å². The highest BCUT2D eigenvalue weighted by Crippen LogP contribution is 2.27. The third-order valence-electron chi connectivity index (χ3n) is 2.92. The number of hydrogen-bond donors (Lipinski definition) is 2. The number of anilines is 1. The number of benzene rings is 2. The summed E-state index contributed by atoms with van der Waals surface area (Å²) in [5, 5.41) is 5.96. The van der Waals surface area contributed by atoms with Gasteiger partial charge >= 0.3 is 12.0 Å². The van der Waals surface area contributed by atoms with Gasteiger partial charge in [0, 0.05) is 10.7 Å². The SMILES string of the molecule is COC(=O)c1ccc(NC(=O)NCOc2ccc(Cl)cc2Cl)cc1. The highest BCUT2D eigenvalue weighted by atomic mass is 35.5. The van der Waals surface area contributed by atoms with Crippen LogP contribution in [0.5, 0.6) is 5.75 Å². The van der Waals surface area contributed by atoms with E-state index < -0.39 is 12.0 Å². The van der Waals surface area contributed by atoms with Gasteiger partial charge in [-0.2, -0.15) is 0 Å². The Kier molecular flexibility index (Phi) is 6.28. The van der Waals surface area contributed by atoms with Gasteiger partial charge in [0.25, 0.3) is 0 Å². The minimum Gasteiger partial charge on any atom is -0.472 e. The lowest BCUT2D eigenvalue weighted by Crippen LogP contribution is -2.32. The monoisotopic (exact) mass is 368 g/mol. The fourth-order valence-electron chi connectivity index (χ4n) is 1.75. The smallest absolute Gasteiger partial charge is 0.337 e. The van der Waals surface area contributed by atoms with E-state index in [9.17, 15) is 9.59 Å². The van der Waals surface area contributed by atoms with Gasteiger partial charge in [0.1, 0.15) is 5.75 Å². The third kappa shape index (κ3) is 5.04. The summed E-state index contributed by atoms with van der Waals surface area (Å²) >= 11 is 11.7. The number of rotatable bonds is 5. The van der Waals surface area contributed by atoms with E-state index in [4.69, 9.17) is 27.9 Å². The van der Waals surface area contributed by atoms with Gasteiger partial charge in [0.15, 0.2) is 6.73 Å². The zero-order valence-corrected chi connectivity index (χ0v) is 14.1. The van der Waals surface area contributed by atoms with Crippen molar-refractivity contribution >= 4 is 40.9 Å². The number of esters is 1. The molecule has 0 saturated carbocycles. The molecule has 0 atom stereocenters. The van der Waals surface area contributed by atoms with Crippen molar-refractivity contribution in [1.29, 1.82) is 0 Å². The Hall–Kier alpha value is -2.44. The van der Waals surface area contributed by atoms with E-state index >= 15 is 0 Å². The van der Waals surface area contributed by atoms with Crippen molar-refractivity contribution < 1.29 is 19.1 Å². The minimum absolute atomic E-state index is 0.0760. The molecule has 0 radical (unpaired) electrons. The quantitative estimate of drug-likeness (QED) is 0.618. The molecule has 6 nitrogen and oxygen atoms in total. The first-order chi connectivity index (χ1) is 11.5. The summed E-state index contributed by atoms with van der Waals surface area (Å²) in [6.07, 6.45) is 0. The number of carbonyl (C=O) groups is 2. The molecule has 2 N–H and O–H groups in total. The van der Waals surface area contributed by atoms with E-state index in [1.807, 2.05) is 0 Å². The highest BCUT2D eigenvalue weighted by Gasteiger charge is 2.07. The normalized spacial score (nSPS) is 9.96. The zero-order chi connectivity index (χ0) is 17.5. The van der Waals surface area contributed by atoms with Gasteiger partial charge in [-0.15, -0.1) is 0 Å². The second-order valence-corrected chi connectivity index (χ2v) is 5.41. The van der Waals surface area contributed by atoms with E-state index in [2.05, 4.69) is 15.4 Å². The van der Waals surface area contributed by atoms with Crippen LogP contribution < -0.4 is 15.4 Å². The zero-order valence-electron chi connectivity index (χ0n) is 12.6. The summed E-state index contributed by atoms with van der Waals surface area (Å²) in [6, 6.07) is 10.6. The van der Waals surface area contributed by atoms with Crippen LogP contribution in [0.25, 0.3) is 0 Å². The van der Waals surface area contributed by atoms with Crippen LogP contribution >= 0.6 is 23.2 Å². The highest BCUT2D eigenvalue weighted by molar-refractivity contribution is 6.35. The van der Waals surface area contributed by atoms with E-state index in [1.54, 1.807) is 42.5 Å². The summed E-state index contributed by atoms with van der Waals surface area (Å²) in [5.74, 6) is -0.0388. The molecule has 0 aromatic heterocycles.